The Labute approximate surface area is 201 Å². The number of hydrogen-bond acceptors (Lipinski definition) is 7. The van der Waals surface area contributed by atoms with Crippen molar-refractivity contribution in [2.45, 2.75) is 0 Å². The van der Waals surface area contributed by atoms with Crippen LogP contribution in [0.15, 0.2) is 35.2 Å². The molecule has 1 aliphatic rings. The number of thioether (sulfide) groups is 1. The number of halogens is 3. The maximum atomic E-state index is 12.6. The van der Waals surface area contributed by atoms with Gasteiger partial charge < -0.3 is 14.6 Å². The Kier molecular flexibility index (Phi) is 7.55. The summed E-state index contributed by atoms with van der Waals surface area (Å²) >= 11 is 24.0. The smallest absolute Gasteiger partial charge is 0.285 e. The number of phenols is 1. The molecule has 0 spiro atoms. The molecule has 1 saturated heterocycles. The van der Waals surface area contributed by atoms with E-state index in [0.29, 0.717) is 5.56 Å². The van der Waals surface area contributed by atoms with Gasteiger partial charge in [-0.3, -0.25) is 15.0 Å². The molecule has 2 aromatic carbocycles. The highest BCUT2D eigenvalue weighted by atomic mass is 35.5. The van der Waals surface area contributed by atoms with Crippen LogP contribution < -0.4 is 14.9 Å². The van der Waals surface area contributed by atoms with Gasteiger partial charge in [0.2, 0.25) is 0 Å². The van der Waals surface area contributed by atoms with Crippen LogP contribution in [-0.2, 0) is 9.59 Å². The minimum Gasteiger partial charge on any atom is -0.504 e. The molecule has 31 heavy (non-hydrogen) atoms. The van der Waals surface area contributed by atoms with E-state index < -0.39 is 18.4 Å². The molecular weight excluding hydrogens is 507 g/mol. The number of carbonyl (C=O) groups is 2. The van der Waals surface area contributed by atoms with Crippen LogP contribution in [0.1, 0.15) is 5.56 Å². The summed E-state index contributed by atoms with van der Waals surface area (Å²) in [7, 11) is 1.42. The average Bonchev–Trinajstić information content (AvgIpc) is 2.98. The Morgan fingerprint density at radius 3 is 2.61 bits per heavy atom. The van der Waals surface area contributed by atoms with E-state index in [0.717, 1.165) is 16.8 Å². The van der Waals surface area contributed by atoms with Crippen LogP contribution in [0, 0.1) is 0 Å². The fourth-order valence-electron chi connectivity index (χ4n) is 2.41. The summed E-state index contributed by atoms with van der Waals surface area (Å²) in [5.74, 6) is -0.746. The van der Waals surface area contributed by atoms with Gasteiger partial charge in [-0.05, 0) is 42.1 Å². The first-order valence-corrected chi connectivity index (χ1v) is 10.8. The zero-order chi connectivity index (χ0) is 22.7. The Morgan fingerprint density at radius 2 is 1.90 bits per heavy atom. The first kappa shape index (κ1) is 23.5. The number of benzene rings is 2. The minimum atomic E-state index is -0.633. The van der Waals surface area contributed by atoms with E-state index >= 15 is 0 Å². The summed E-state index contributed by atoms with van der Waals surface area (Å²) in [5.41, 5.74) is 3.00. The maximum absolute atomic E-state index is 12.6. The topological polar surface area (TPSA) is 88.1 Å². The maximum Gasteiger partial charge on any atom is 0.285 e. The lowest BCUT2D eigenvalue weighted by molar-refractivity contribution is -0.134. The standard InChI is InChI=1S/C19H13Cl3N2O5S2/c1-28-15-4-9(2-3-13(15)25)5-16-18(27)24(19(30)31-16)23-17(26)8-29-14-7-11(21)10(20)6-12(14)22/h2-7,25H,8H2,1H3,(H,23,26)/b16-5-. The van der Waals surface area contributed by atoms with Gasteiger partial charge in [0.25, 0.3) is 11.8 Å². The second-order valence-corrected chi connectivity index (χ2v) is 8.87. The quantitative estimate of drug-likeness (QED) is 0.326. The number of ether oxygens (including phenoxy) is 2. The predicted octanol–water partition coefficient (Wildman–Crippen LogP) is 4.67. The van der Waals surface area contributed by atoms with Gasteiger partial charge in [0.15, 0.2) is 22.4 Å². The van der Waals surface area contributed by atoms with E-state index in [1.54, 1.807) is 18.2 Å². The molecule has 0 saturated carbocycles. The summed E-state index contributed by atoms with van der Waals surface area (Å²) in [6.07, 6.45) is 1.57. The number of thiocarbonyl (C=S) groups is 1. The molecule has 0 atom stereocenters. The third-order valence-electron chi connectivity index (χ3n) is 3.87. The van der Waals surface area contributed by atoms with Crippen LogP contribution in [0.25, 0.3) is 6.08 Å². The first-order valence-electron chi connectivity index (χ1n) is 8.41. The molecule has 2 aromatic rings. The van der Waals surface area contributed by atoms with E-state index in [1.807, 2.05) is 0 Å². The largest absolute Gasteiger partial charge is 0.504 e. The van der Waals surface area contributed by atoms with Crippen molar-refractivity contribution in [2.75, 3.05) is 13.7 Å². The van der Waals surface area contributed by atoms with E-state index in [1.165, 1.54) is 25.3 Å². The second kappa shape index (κ2) is 9.97. The zero-order valence-corrected chi connectivity index (χ0v) is 19.5. The van der Waals surface area contributed by atoms with Gasteiger partial charge in [0.1, 0.15) is 5.75 Å². The molecule has 0 radical (unpaired) electrons. The fraction of sp³-hybridized carbons (Fsp3) is 0.105. The van der Waals surface area contributed by atoms with Crippen LogP contribution in [0.2, 0.25) is 15.1 Å². The Morgan fingerprint density at radius 1 is 1.19 bits per heavy atom. The number of methoxy groups -OCH3 is 1. The van der Waals surface area contributed by atoms with Crippen molar-refractivity contribution in [3.8, 4) is 17.2 Å². The van der Waals surface area contributed by atoms with Crippen LogP contribution >= 0.6 is 58.8 Å². The van der Waals surface area contributed by atoms with Crippen LogP contribution in [0.3, 0.4) is 0 Å². The number of phenolic OH excluding ortho intramolecular Hbond substituents is 1. The van der Waals surface area contributed by atoms with Crippen molar-refractivity contribution in [3.05, 3.63) is 55.9 Å². The Hall–Kier alpha value is -2.17. The molecule has 1 fully saturated rings. The number of amides is 2. The normalized spacial score (nSPS) is 14.8. The van der Waals surface area contributed by atoms with Crippen LogP contribution in [0.5, 0.6) is 17.2 Å². The van der Waals surface area contributed by atoms with Crippen molar-refractivity contribution < 1.29 is 24.2 Å². The Bertz CT molecular complexity index is 1110. The van der Waals surface area contributed by atoms with Crippen LogP contribution in [0.4, 0.5) is 0 Å². The third-order valence-corrected chi connectivity index (χ3v) is 6.19. The van der Waals surface area contributed by atoms with E-state index in [9.17, 15) is 14.7 Å². The summed E-state index contributed by atoms with van der Waals surface area (Å²) in [6.45, 7) is -0.442. The average molecular weight is 520 g/mol. The van der Waals surface area contributed by atoms with Gasteiger partial charge in [-0.2, -0.15) is 5.01 Å². The number of hydrazine groups is 1. The molecule has 0 unspecified atom stereocenters. The van der Waals surface area contributed by atoms with Crippen molar-refractivity contribution >= 4 is 81.0 Å². The first-order chi connectivity index (χ1) is 14.7. The van der Waals surface area contributed by atoms with Gasteiger partial charge in [0.05, 0.1) is 27.1 Å². The molecule has 7 nitrogen and oxygen atoms in total. The molecule has 0 aliphatic carbocycles. The third kappa shape index (κ3) is 5.55. The monoisotopic (exact) mass is 518 g/mol. The van der Waals surface area contributed by atoms with Gasteiger partial charge in [-0.15, -0.1) is 0 Å². The van der Waals surface area contributed by atoms with Gasteiger partial charge >= 0.3 is 0 Å². The number of rotatable bonds is 6. The molecule has 0 bridgehead atoms. The molecular formula is C19H13Cl3N2O5S2. The van der Waals surface area contributed by atoms with Gasteiger partial charge in [0, 0.05) is 6.07 Å². The molecule has 12 heteroatoms. The lowest BCUT2D eigenvalue weighted by Gasteiger charge is -2.16. The number of nitrogens with zero attached hydrogens (tertiary/aromatic N) is 1. The van der Waals surface area contributed by atoms with E-state index in [2.05, 4.69) is 5.43 Å². The van der Waals surface area contributed by atoms with Crippen molar-refractivity contribution in [3.63, 3.8) is 0 Å². The Balaban J connectivity index is 1.66. The van der Waals surface area contributed by atoms with E-state index in [-0.39, 0.29) is 41.5 Å². The SMILES string of the molecule is COc1cc(/C=C2\SC(=S)N(NC(=O)COc3cc(Cl)c(Cl)cc3Cl)C2=O)ccc1O. The molecule has 162 valence electrons. The molecule has 1 heterocycles. The number of carbonyl (C=O) groups excluding carboxylic acids is 2. The van der Waals surface area contributed by atoms with Crippen molar-refractivity contribution in [1.29, 1.82) is 0 Å². The van der Waals surface area contributed by atoms with Crippen LogP contribution in [-0.4, -0.2) is 40.0 Å². The molecule has 1 aliphatic heterocycles. The highest BCUT2D eigenvalue weighted by Gasteiger charge is 2.33. The van der Waals surface area contributed by atoms with Crippen molar-refractivity contribution in [2.24, 2.45) is 0 Å². The summed E-state index contributed by atoms with van der Waals surface area (Å²) in [4.78, 5) is 25.2. The summed E-state index contributed by atoms with van der Waals surface area (Å²) in [6, 6.07) is 7.39. The fourth-order valence-corrected chi connectivity index (χ4v) is 4.19. The summed E-state index contributed by atoms with van der Waals surface area (Å²) in [5, 5.41) is 11.3. The highest BCUT2D eigenvalue weighted by molar-refractivity contribution is 8.26. The van der Waals surface area contributed by atoms with Gasteiger partial charge in [-0.1, -0.05) is 52.6 Å². The number of hydrogen-bond donors (Lipinski definition) is 2. The van der Waals surface area contributed by atoms with E-state index in [4.69, 9.17) is 56.5 Å². The lowest BCUT2D eigenvalue weighted by atomic mass is 10.2. The second-order valence-electron chi connectivity index (χ2n) is 5.97. The zero-order valence-electron chi connectivity index (χ0n) is 15.6. The van der Waals surface area contributed by atoms with Gasteiger partial charge in [-0.25, -0.2) is 0 Å². The van der Waals surface area contributed by atoms with Crippen molar-refractivity contribution in [1.82, 2.24) is 10.4 Å². The molecule has 2 N–H and O–H groups in total. The number of aromatic hydroxyl groups is 1. The minimum absolute atomic E-state index is 0.0264. The molecule has 2 amide bonds. The predicted molar refractivity (Wildman–Crippen MR) is 125 cm³/mol. The lowest BCUT2D eigenvalue weighted by Crippen LogP contribution is -2.46. The summed E-state index contributed by atoms with van der Waals surface area (Å²) < 4.78 is 10.5. The molecule has 0 aromatic heterocycles. The highest BCUT2D eigenvalue weighted by Crippen LogP contribution is 2.35. The molecule has 3 rings (SSSR count). The number of nitrogens with one attached hydrogen (secondary N) is 1.